The van der Waals surface area contributed by atoms with Crippen molar-refractivity contribution in [2.24, 2.45) is 5.92 Å². The van der Waals surface area contributed by atoms with Crippen LogP contribution in [0.4, 0.5) is 5.69 Å². The molecule has 1 N–H and O–H groups in total. The first kappa shape index (κ1) is 31.0. The lowest BCUT2D eigenvalue weighted by atomic mass is 10.1. The van der Waals surface area contributed by atoms with E-state index in [2.05, 4.69) is 5.32 Å². The summed E-state index contributed by atoms with van der Waals surface area (Å²) in [6.45, 7) is 5.84. The third kappa shape index (κ3) is 7.99. The number of nitrogens with zero attached hydrogens (tertiary/aromatic N) is 2. The molecule has 0 spiro atoms. The van der Waals surface area contributed by atoms with Crippen molar-refractivity contribution in [2.45, 2.75) is 44.7 Å². The van der Waals surface area contributed by atoms with Gasteiger partial charge >= 0.3 is 0 Å². The van der Waals surface area contributed by atoms with E-state index in [1.54, 1.807) is 55.6 Å². The fraction of sp³-hybridized carbons (Fsp3) is 0.333. The Morgan fingerprint density at radius 1 is 0.975 bits per heavy atom. The summed E-state index contributed by atoms with van der Waals surface area (Å²) < 4.78 is 34.0. The number of hydrogen-bond donors (Lipinski definition) is 1. The van der Waals surface area contributed by atoms with Crippen LogP contribution in [0.3, 0.4) is 0 Å². The zero-order valence-electron chi connectivity index (χ0n) is 23.2. The fourth-order valence-electron chi connectivity index (χ4n) is 4.17. The standard InChI is InChI=1S/C30H36ClN3O5S/c1-5-28(30(36)32-19-22(2)3)33(20-23-10-9-13-26(18-23)39-4)29(35)21-34(25-11-7-6-8-12-25)40(37,38)27-16-14-24(31)15-17-27/h6-18,22,28H,5,19-21H2,1-4H3,(H,32,36). The van der Waals surface area contributed by atoms with Gasteiger partial charge in [-0.15, -0.1) is 0 Å². The Balaban J connectivity index is 2.03. The number of carbonyl (C=O) groups excluding carboxylic acids is 2. The van der Waals surface area contributed by atoms with E-state index in [-0.39, 0.29) is 23.3 Å². The number of nitrogens with one attached hydrogen (secondary N) is 1. The summed E-state index contributed by atoms with van der Waals surface area (Å²) in [5, 5.41) is 3.31. The molecule has 10 heteroatoms. The van der Waals surface area contributed by atoms with Crippen LogP contribution < -0.4 is 14.4 Å². The average molecular weight is 586 g/mol. The molecule has 40 heavy (non-hydrogen) atoms. The number of rotatable bonds is 13. The van der Waals surface area contributed by atoms with E-state index in [4.69, 9.17) is 16.3 Å². The topological polar surface area (TPSA) is 96.0 Å². The summed E-state index contributed by atoms with van der Waals surface area (Å²) in [5.74, 6) is 0.0237. The highest BCUT2D eigenvalue weighted by molar-refractivity contribution is 7.92. The number of ether oxygens (including phenoxy) is 1. The van der Waals surface area contributed by atoms with Crippen LogP contribution in [0.2, 0.25) is 5.02 Å². The van der Waals surface area contributed by atoms with E-state index in [0.717, 1.165) is 9.87 Å². The highest BCUT2D eigenvalue weighted by Crippen LogP contribution is 2.26. The molecule has 3 rings (SSSR count). The first-order chi connectivity index (χ1) is 19.1. The summed E-state index contributed by atoms with van der Waals surface area (Å²) in [4.78, 5) is 28.8. The van der Waals surface area contributed by atoms with Gasteiger partial charge in [0.25, 0.3) is 10.0 Å². The SMILES string of the molecule is CCC(C(=O)NCC(C)C)N(Cc1cccc(OC)c1)C(=O)CN(c1ccccc1)S(=O)(=O)c1ccc(Cl)cc1. The molecule has 2 amide bonds. The van der Waals surface area contributed by atoms with Gasteiger partial charge in [-0.05, 0) is 66.4 Å². The van der Waals surface area contributed by atoms with E-state index in [1.165, 1.54) is 29.2 Å². The molecule has 0 saturated carbocycles. The van der Waals surface area contributed by atoms with Gasteiger partial charge in [0, 0.05) is 18.1 Å². The molecule has 214 valence electrons. The van der Waals surface area contributed by atoms with Crippen molar-refractivity contribution in [3.05, 3.63) is 89.4 Å². The van der Waals surface area contributed by atoms with Crippen LogP contribution >= 0.6 is 11.6 Å². The smallest absolute Gasteiger partial charge is 0.264 e. The van der Waals surface area contributed by atoms with Crippen LogP contribution in [0.25, 0.3) is 0 Å². The predicted octanol–water partition coefficient (Wildman–Crippen LogP) is 5.12. The number of para-hydroxylation sites is 1. The Hall–Kier alpha value is -3.56. The number of carbonyl (C=O) groups is 2. The molecule has 0 saturated heterocycles. The van der Waals surface area contributed by atoms with Crippen LogP contribution in [-0.2, 0) is 26.2 Å². The second-order valence-electron chi connectivity index (χ2n) is 9.74. The van der Waals surface area contributed by atoms with E-state index in [1.807, 2.05) is 26.8 Å². The molecular formula is C30H36ClN3O5S. The molecule has 1 atom stereocenters. The summed E-state index contributed by atoms with van der Waals surface area (Å²) in [5.41, 5.74) is 1.07. The molecule has 0 aliphatic rings. The number of hydrogen-bond acceptors (Lipinski definition) is 5. The third-order valence-electron chi connectivity index (χ3n) is 6.28. The number of anilines is 1. The van der Waals surface area contributed by atoms with Crippen LogP contribution in [0.1, 0.15) is 32.8 Å². The molecule has 8 nitrogen and oxygen atoms in total. The number of benzene rings is 3. The average Bonchev–Trinajstić information content (AvgIpc) is 2.95. The van der Waals surface area contributed by atoms with Crippen molar-refractivity contribution in [1.29, 1.82) is 0 Å². The van der Waals surface area contributed by atoms with Crippen molar-refractivity contribution in [3.63, 3.8) is 0 Å². The van der Waals surface area contributed by atoms with Gasteiger partial charge in [0.15, 0.2) is 0 Å². The van der Waals surface area contributed by atoms with Crippen molar-refractivity contribution in [1.82, 2.24) is 10.2 Å². The molecule has 0 bridgehead atoms. The number of sulfonamides is 1. The quantitative estimate of drug-likeness (QED) is 0.300. The van der Waals surface area contributed by atoms with Crippen LogP contribution in [-0.4, -0.2) is 51.4 Å². The number of amides is 2. The Morgan fingerprint density at radius 2 is 1.65 bits per heavy atom. The Morgan fingerprint density at radius 3 is 2.25 bits per heavy atom. The van der Waals surface area contributed by atoms with Crippen molar-refractivity contribution in [2.75, 3.05) is 24.5 Å². The van der Waals surface area contributed by atoms with Gasteiger partial charge in [-0.2, -0.15) is 0 Å². The zero-order valence-corrected chi connectivity index (χ0v) is 24.8. The van der Waals surface area contributed by atoms with Gasteiger partial charge in [0.2, 0.25) is 11.8 Å². The van der Waals surface area contributed by atoms with Gasteiger partial charge in [-0.3, -0.25) is 13.9 Å². The Labute approximate surface area is 241 Å². The lowest BCUT2D eigenvalue weighted by Gasteiger charge is -2.33. The first-order valence-electron chi connectivity index (χ1n) is 13.1. The van der Waals surface area contributed by atoms with Crippen LogP contribution in [0, 0.1) is 5.92 Å². The van der Waals surface area contributed by atoms with Crippen LogP contribution in [0.5, 0.6) is 5.75 Å². The Bertz CT molecular complexity index is 1380. The Kier molecular flexibility index (Phi) is 11.0. The zero-order chi connectivity index (χ0) is 29.3. The maximum atomic E-state index is 14.0. The minimum atomic E-state index is -4.15. The van der Waals surface area contributed by atoms with Gasteiger partial charge in [-0.1, -0.05) is 62.7 Å². The highest BCUT2D eigenvalue weighted by Gasteiger charge is 2.33. The summed E-state index contributed by atoms with van der Waals surface area (Å²) in [6, 6.07) is 20.6. The van der Waals surface area contributed by atoms with E-state index < -0.39 is 28.5 Å². The molecule has 0 aliphatic carbocycles. The fourth-order valence-corrected chi connectivity index (χ4v) is 5.71. The minimum Gasteiger partial charge on any atom is -0.497 e. The monoisotopic (exact) mass is 585 g/mol. The summed E-state index contributed by atoms with van der Waals surface area (Å²) in [7, 11) is -2.60. The van der Waals surface area contributed by atoms with Gasteiger partial charge in [0.1, 0.15) is 18.3 Å². The van der Waals surface area contributed by atoms with Crippen LogP contribution in [0.15, 0.2) is 83.8 Å². The molecule has 0 aliphatic heterocycles. The molecule has 0 heterocycles. The van der Waals surface area contributed by atoms with Crippen molar-refractivity contribution in [3.8, 4) is 5.75 Å². The van der Waals surface area contributed by atoms with Crippen molar-refractivity contribution >= 4 is 39.1 Å². The second kappa shape index (κ2) is 14.2. The van der Waals surface area contributed by atoms with E-state index in [0.29, 0.717) is 29.4 Å². The lowest BCUT2D eigenvalue weighted by molar-refractivity contribution is -0.140. The number of halogens is 1. The number of methoxy groups -OCH3 is 1. The normalized spacial score (nSPS) is 12.1. The highest BCUT2D eigenvalue weighted by atomic mass is 35.5. The summed E-state index contributed by atoms with van der Waals surface area (Å²) >= 11 is 5.99. The molecule has 1 unspecified atom stereocenters. The molecule has 3 aromatic rings. The largest absolute Gasteiger partial charge is 0.497 e. The molecular weight excluding hydrogens is 550 g/mol. The second-order valence-corrected chi connectivity index (χ2v) is 12.0. The third-order valence-corrected chi connectivity index (χ3v) is 8.32. The predicted molar refractivity (Wildman–Crippen MR) is 158 cm³/mol. The molecule has 0 radical (unpaired) electrons. The first-order valence-corrected chi connectivity index (χ1v) is 14.9. The van der Waals surface area contributed by atoms with E-state index in [9.17, 15) is 18.0 Å². The molecule has 3 aromatic carbocycles. The van der Waals surface area contributed by atoms with Gasteiger partial charge < -0.3 is 15.0 Å². The maximum absolute atomic E-state index is 14.0. The lowest BCUT2D eigenvalue weighted by Crippen LogP contribution is -2.52. The molecule has 0 fully saturated rings. The minimum absolute atomic E-state index is 0.00498. The molecule has 0 aromatic heterocycles. The summed E-state index contributed by atoms with van der Waals surface area (Å²) in [6.07, 6.45) is 0.342. The van der Waals surface area contributed by atoms with Gasteiger partial charge in [-0.25, -0.2) is 8.42 Å². The maximum Gasteiger partial charge on any atom is 0.264 e. The van der Waals surface area contributed by atoms with Crippen molar-refractivity contribution < 1.29 is 22.7 Å². The van der Waals surface area contributed by atoms with Gasteiger partial charge in [0.05, 0.1) is 17.7 Å². The van der Waals surface area contributed by atoms with E-state index >= 15 is 0 Å².